The summed E-state index contributed by atoms with van der Waals surface area (Å²) in [6, 6.07) is 0. The average molecular weight is 123 g/mol. The number of H-pyrrole nitrogens is 1. The molecule has 2 nitrogen and oxygen atoms in total. The standard InChI is InChI=1S/C6H12BN2/c1-7(2,3)6-4-8-9-5-6/h4-5H,1-3H3,(H,8,9)/q-1. The van der Waals surface area contributed by atoms with Gasteiger partial charge in [-0.3, -0.25) is 5.10 Å². The molecule has 0 aliphatic rings. The minimum atomic E-state index is -0.358. The van der Waals surface area contributed by atoms with Gasteiger partial charge in [-0.15, -0.1) is 0 Å². The van der Waals surface area contributed by atoms with Crippen molar-refractivity contribution >= 4 is 11.6 Å². The number of aromatic nitrogens is 2. The maximum atomic E-state index is 3.88. The van der Waals surface area contributed by atoms with Crippen molar-refractivity contribution in [2.75, 3.05) is 0 Å². The SMILES string of the molecule is C[B-](C)(C)c1cn[nH]c1. The predicted molar refractivity (Wildman–Crippen MR) is 41.6 cm³/mol. The molecule has 1 rings (SSSR count). The summed E-state index contributed by atoms with van der Waals surface area (Å²) in [5.41, 5.74) is 1.31. The van der Waals surface area contributed by atoms with Crippen LogP contribution in [0.15, 0.2) is 12.4 Å². The van der Waals surface area contributed by atoms with Crippen LogP contribution in [0.3, 0.4) is 0 Å². The maximum absolute atomic E-state index is 3.88. The van der Waals surface area contributed by atoms with Crippen LogP contribution in [0.5, 0.6) is 0 Å². The zero-order valence-corrected chi connectivity index (χ0v) is 6.18. The van der Waals surface area contributed by atoms with Gasteiger partial charge in [-0.05, 0) is 6.20 Å². The Bertz CT molecular complexity index is 173. The van der Waals surface area contributed by atoms with E-state index in [9.17, 15) is 0 Å². The lowest BCUT2D eigenvalue weighted by molar-refractivity contribution is 1.09. The van der Waals surface area contributed by atoms with E-state index in [2.05, 4.69) is 30.7 Å². The first-order valence-corrected chi connectivity index (χ1v) is 3.37. The molecule has 0 radical (unpaired) electrons. The van der Waals surface area contributed by atoms with Crippen molar-refractivity contribution in [2.24, 2.45) is 0 Å². The van der Waals surface area contributed by atoms with Crippen LogP contribution in [-0.4, -0.2) is 16.3 Å². The van der Waals surface area contributed by atoms with E-state index in [0.717, 1.165) is 0 Å². The molecule has 0 amide bonds. The Hall–Kier alpha value is -0.725. The van der Waals surface area contributed by atoms with Crippen molar-refractivity contribution < 1.29 is 0 Å². The predicted octanol–water partition coefficient (Wildman–Crippen LogP) is 0.955. The fourth-order valence-corrected chi connectivity index (χ4v) is 0.734. The molecule has 0 unspecified atom stereocenters. The molecule has 1 N–H and O–H groups in total. The van der Waals surface area contributed by atoms with Gasteiger partial charge in [0.2, 0.25) is 0 Å². The minimum Gasteiger partial charge on any atom is -0.289 e. The summed E-state index contributed by atoms with van der Waals surface area (Å²) in [6.45, 7) is 6.68. The molecular weight excluding hydrogens is 111 g/mol. The molecule has 0 atom stereocenters. The van der Waals surface area contributed by atoms with Crippen LogP contribution in [0.2, 0.25) is 20.5 Å². The molecule has 1 aromatic heterocycles. The van der Waals surface area contributed by atoms with E-state index in [1.54, 1.807) is 0 Å². The van der Waals surface area contributed by atoms with E-state index in [1.807, 2.05) is 12.4 Å². The summed E-state index contributed by atoms with van der Waals surface area (Å²) in [4.78, 5) is 0. The van der Waals surface area contributed by atoms with Crippen LogP contribution >= 0.6 is 0 Å². The van der Waals surface area contributed by atoms with Crippen LogP contribution in [0.4, 0.5) is 0 Å². The van der Waals surface area contributed by atoms with Gasteiger partial charge < -0.3 is 0 Å². The Morgan fingerprint density at radius 2 is 2.11 bits per heavy atom. The van der Waals surface area contributed by atoms with E-state index in [0.29, 0.717) is 0 Å². The van der Waals surface area contributed by atoms with Crippen molar-refractivity contribution in [3.05, 3.63) is 12.4 Å². The van der Waals surface area contributed by atoms with Crippen molar-refractivity contribution in [3.63, 3.8) is 0 Å². The number of nitrogens with one attached hydrogen (secondary N) is 1. The maximum Gasteiger partial charge on any atom is 0.0225 e. The van der Waals surface area contributed by atoms with Crippen molar-refractivity contribution in [3.8, 4) is 0 Å². The van der Waals surface area contributed by atoms with E-state index in [-0.39, 0.29) is 6.15 Å². The highest BCUT2D eigenvalue weighted by atomic mass is 15.1. The van der Waals surface area contributed by atoms with Crippen molar-refractivity contribution in [1.82, 2.24) is 10.2 Å². The number of hydrogen-bond acceptors (Lipinski definition) is 1. The zero-order chi connectivity index (χ0) is 6.91. The summed E-state index contributed by atoms with van der Waals surface area (Å²) in [5, 5.41) is 6.68. The highest BCUT2D eigenvalue weighted by Crippen LogP contribution is 1.98. The van der Waals surface area contributed by atoms with Gasteiger partial charge in [0, 0.05) is 12.3 Å². The second-order valence-electron chi connectivity index (χ2n) is 3.63. The molecule has 0 saturated heterocycles. The van der Waals surface area contributed by atoms with Gasteiger partial charge in [-0.1, -0.05) is 0 Å². The number of aromatic amines is 1. The normalized spacial score (nSPS) is 11.9. The highest BCUT2D eigenvalue weighted by Gasteiger charge is 2.07. The van der Waals surface area contributed by atoms with Crippen LogP contribution < -0.4 is 5.46 Å². The van der Waals surface area contributed by atoms with Crippen molar-refractivity contribution in [2.45, 2.75) is 20.5 Å². The first-order chi connectivity index (χ1) is 4.11. The monoisotopic (exact) mass is 123 g/mol. The van der Waals surface area contributed by atoms with Crippen LogP contribution in [-0.2, 0) is 0 Å². The minimum absolute atomic E-state index is 0.358. The highest BCUT2D eigenvalue weighted by molar-refractivity contribution is 6.88. The first kappa shape index (κ1) is 6.40. The summed E-state index contributed by atoms with van der Waals surface area (Å²) < 4.78 is 0. The first-order valence-electron chi connectivity index (χ1n) is 3.37. The molecule has 0 aromatic carbocycles. The van der Waals surface area contributed by atoms with E-state index >= 15 is 0 Å². The number of nitrogens with zero attached hydrogens (tertiary/aromatic N) is 1. The third-order valence-electron chi connectivity index (χ3n) is 1.52. The van der Waals surface area contributed by atoms with Crippen LogP contribution in [0, 0.1) is 0 Å². The molecule has 0 spiro atoms. The molecule has 0 saturated carbocycles. The Morgan fingerprint density at radius 1 is 1.44 bits per heavy atom. The molecule has 3 heteroatoms. The Kier molecular flexibility index (Phi) is 1.35. The molecule has 0 fully saturated rings. The molecule has 1 aromatic rings. The van der Waals surface area contributed by atoms with Gasteiger partial charge in [0.05, 0.1) is 0 Å². The Labute approximate surface area is 55.6 Å². The molecule has 0 bridgehead atoms. The van der Waals surface area contributed by atoms with Gasteiger partial charge in [0.15, 0.2) is 0 Å². The fraction of sp³-hybridized carbons (Fsp3) is 0.500. The average Bonchev–Trinajstić information content (AvgIpc) is 2.08. The van der Waals surface area contributed by atoms with Gasteiger partial charge in [0.1, 0.15) is 0 Å². The molecule has 0 aliphatic heterocycles. The second kappa shape index (κ2) is 1.90. The quantitative estimate of drug-likeness (QED) is 0.553. The lowest BCUT2D eigenvalue weighted by atomic mass is 9.27. The van der Waals surface area contributed by atoms with Crippen LogP contribution in [0.1, 0.15) is 0 Å². The van der Waals surface area contributed by atoms with E-state index < -0.39 is 0 Å². The number of hydrogen-bond donors (Lipinski definition) is 1. The summed E-state index contributed by atoms with van der Waals surface area (Å²) in [5.74, 6) is 0. The van der Waals surface area contributed by atoms with Crippen LogP contribution in [0.25, 0.3) is 0 Å². The van der Waals surface area contributed by atoms with E-state index in [4.69, 9.17) is 0 Å². The summed E-state index contributed by atoms with van der Waals surface area (Å²) in [6.07, 6.45) is 3.49. The second-order valence-corrected chi connectivity index (χ2v) is 3.63. The molecule has 9 heavy (non-hydrogen) atoms. The molecule has 0 aliphatic carbocycles. The molecule has 50 valence electrons. The van der Waals surface area contributed by atoms with Gasteiger partial charge >= 0.3 is 0 Å². The smallest absolute Gasteiger partial charge is 0.0225 e. The topological polar surface area (TPSA) is 28.7 Å². The van der Waals surface area contributed by atoms with Gasteiger partial charge in [-0.2, -0.15) is 31.0 Å². The fourth-order valence-electron chi connectivity index (χ4n) is 0.734. The Morgan fingerprint density at radius 3 is 2.33 bits per heavy atom. The molecular formula is C6H12BN2-. The summed E-state index contributed by atoms with van der Waals surface area (Å²) in [7, 11) is 0. The lowest BCUT2D eigenvalue weighted by Gasteiger charge is -2.20. The van der Waals surface area contributed by atoms with Gasteiger partial charge in [-0.25, -0.2) is 0 Å². The summed E-state index contributed by atoms with van der Waals surface area (Å²) >= 11 is 0. The number of rotatable bonds is 1. The van der Waals surface area contributed by atoms with E-state index in [1.165, 1.54) is 5.46 Å². The largest absolute Gasteiger partial charge is 0.289 e. The third kappa shape index (κ3) is 1.34. The zero-order valence-electron chi connectivity index (χ0n) is 6.18. The third-order valence-corrected chi connectivity index (χ3v) is 1.52. The lowest BCUT2D eigenvalue weighted by Crippen LogP contribution is -2.36. The van der Waals surface area contributed by atoms with Gasteiger partial charge in [0.25, 0.3) is 0 Å². The molecule has 1 heterocycles. The Balaban J connectivity index is 2.90. The van der Waals surface area contributed by atoms with Crippen molar-refractivity contribution in [1.29, 1.82) is 0 Å².